The summed E-state index contributed by atoms with van der Waals surface area (Å²) in [5, 5.41) is 13.2. The molecule has 2 atom stereocenters. The van der Waals surface area contributed by atoms with Gasteiger partial charge < -0.3 is 10.4 Å². The Morgan fingerprint density at radius 1 is 1.32 bits per heavy atom. The topological polar surface area (TPSA) is 69.6 Å². The Balaban J connectivity index is 2.33. The maximum atomic E-state index is 12.4. The number of nitrogens with zero attached hydrogens (tertiary/aromatic N) is 1. The van der Waals surface area contributed by atoms with Gasteiger partial charge in [0.1, 0.15) is 0 Å². The molecule has 106 valence electrons. The molecule has 1 fully saturated rings. The largest absolute Gasteiger partial charge is 0.390 e. The van der Waals surface area contributed by atoms with Crippen LogP contribution in [-0.2, 0) is 10.0 Å². The minimum absolute atomic E-state index is 0.0588. The SMILES string of the molecule is CN([C@@H]1CNC[C@H]1O)S(=O)(=O)c1ccc(Cl)c(Cl)c1. The average Bonchev–Trinajstić information content (AvgIpc) is 2.77. The van der Waals surface area contributed by atoms with Gasteiger partial charge >= 0.3 is 0 Å². The third-order valence-corrected chi connectivity index (χ3v) is 5.80. The molecule has 2 N–H and O–H groups in total. The van der Waals surface area contributed by atoms with Crippen molar-refractivity contribution in [3.8, 4) is 0 Å². The van der Waals surface area contributed by atoms with Gasteiger partial charge in [-0.15, -0.1) is 0 Å². The molecular formula is C11H14Cl2N2O3S. The number of likely N-dealkylation sites (N-methyl/N-ethyl adjacent to an activating group) is 1. The summed E-state index contributed by atoms with van der Waals surface area (Å²) >= 11 is 11.6. The maximum Gasteiger partial charge on any atom is 0.243 e. The lowest BCUT2D eigenvalue weighted by molar-refractivity contribution is 0.136. The highest BCUT2D eigenvalue weighted by Crippen LogP contribution is 2.27. The lowest BCUT2D eigenvalue weighted by Gasteiger charge is -2.25. The van der Waals surface area contributed by atoms with Crippen LogP contribution in [0.15, 0.2) is 23.1 Å². The van der Waals surface area contributed by atoms with Crippen molar-refractivity contribution in [1.82, 2.24) is 9.62 Å². The van der Waals surface area contributed by atoms with E-state index in [1.807, 2.05) is 0 Å². The Morgan fingerprint density at radius 2 is 2.00 bits per heavy atom. The standard InChI is InChI=1S/C11H14Cl2N2O3S/c1-15(10-5-14-6-11(10)16)19(17,18)7-2-3-8(12)9(13)4-7/h2-4,10-11,14,16H,5-6H2,1H3/t10-,11-/m1/s1. The Kier molecular flexibility index (Phi) is 4.39. The first-order chi connectivity index (χ1) is 8.84. The van der Waals surface area contributed by atoms with Crippen molar-refractivity contribution in [2.45, 2.75) is 17.0 Å². The summed E-state index contributed by atoms with van der Waals surface area (Å²) in [7, 11) is -2.26. The smallest absolute Gasteiger partial charge is 0.243 e. The lowest BCUT2D eigenvalue weighted by Crippen LogP contribution is -2.44. The number of nitrogens with one attached hydrogen (secondary N) is 1. The third-order valence-electron chi connectivity index (χ3n) is 3.19. The molecule has 5 nitrogen and oxygen atoms in total. The van der Waals surface area contributed by atoms with Crippen molar-refractivity contribution < 1.29 is 13.5 Å². The van der Waals surface area contributed by atoms with E-state index in [0.29, 0.717) is 18.1 Å². The van der Waals surface area contributed by atoms with E-state index in [1.165, 1.54) is 25.2 Å². The van der Waals surface area contributed by atoms with Crippen molar-refractivity contribution in [1.29, 1.82) is 0 Å². The fourth-order valence-corrected chi connectivity index (χ4v) is 3.78. The second-order valence-electron chi connectivity index (χ2n) is 4.39. The molecule has 1 aromatic carbocycles. The minimum Gasteiger partial charge on any atom is -0.390 e. The van der Waals surface area contributed by atoms with E-state index in [2.05, 4.69) is 5.32 Å². The molecule has 0 aliphatic carbocycles. The molecule has 1 aliphatic rings. The molecule has 1 heterocycles. The van der Waals surface area contributed by atoms with Gasteiger partial charge in [-0.2, -0.15) is 4.31 Å². The number of halogens is 2. The van der Waals surface area contributed by atoms with Crippen LogP contribution in [0.25, 0.3) is 0 Å². The molecule has 1 aliphatic heterocycles. The fourth-order valence-electron chi connectivity index (χ4n) is 2.00. The van der Waals surface area contributed by atoms with E-state index in [1.54, 1.807) is 0 Å². The summed E-state index contributed by atoms with van der Waals surface area (Å²) in [4.78, 5) is 0.0588. The van der Waals surface area contributed by atoms with Crippen LogP contribution in [0.4, 0.5) is 0 Å². The van der Waals surface area contributed by atoms with Gasteiger partial charge in [-0.3, -0.25) is 0 Å². The number of rotatable bonds is 3. The number of hydrogen-bond donors (Lipinski definition) is 2. The van der Waals surface area contributed by atoms with Gasteiger partial charge in [0.25, 0.3) is 0 Å². The first kappa shape index (κ1) is 15.0. The summed E-state index contributed by atoms with van der Waals surface area (Å²) in [5.74, 6) is 0. The lowest BCUT2D eigenvalue weighted by atomic mass is 10.2. The first-order valence-corrected chi connectivity index (χ1v) is 7.85. The molecule has 0 radical (unpaired) electrons. The fraction of sp³-hybridized carbons (Fsp3) is 0.455. The number of hydrogen-bond acceptors (Lipinski definition) is 4. The molecule has 0 amide bonds. The van der Waals surface area contributed by atoms with Gasteiger partial charge in [0.05, 0.1) is 27.1 Å². The Hall–Kier alpha value is -0.370. The van der Waals surface area contributed by atoms with Crippen molar-refractivity contribution in [3.05, 3.63) is 28.2 Å². The zero-order valence-electron chi connectivity index (χ0n) is 10.2. The molecule has 0 saturated carbocycles. The highest BCUT2D eigenvalue weighted by atomic mass is 35.5. The summed E-state index contributed by atoms with van der Waals surface area (Å²) in [6, 6.07) is 3.66. The van der Waals surface area contributed by atoms with Gasteiger partial charge in [0, 0.05) is 20.1 Å². The van der Waals surface area contributed by atoms with Gasteiger partial charge in [-0.1, -0.05) is 23.2 Å². The Labute approximate surface area is 122 Å². The predicted molar refractivity (Wildman–Crippen MR) is 74.1 cm³/mol. The van der Waals surface area contributed by atoms with Crippen molar-refractivity contribution in [2.75, 3.05) is 20.1 Å². The molecule has 2 rings (SSSR count). The molecule has 1 aromatic rings. The van der Waals surface area contributed by atoms with E-state index >= 15 is 0 Å². The highest BCUT2D eigenvalue weighted by Gasteiger charge is 2.35. The minimum atomic E-state index is -3.70. The van der Waals surface area contributed by atoms with Crippen LogP contribution in [0.2, 0.25) is 10.0 Å². The van der Waals surface area contributed by atoms with Gasteiger partial charge in [0.15, 0.2) is 0 Å². The molecule has 0 bridgehead atoms. The second kappa shape index (κ2) is 5.55. The zero-order valence-corrected chi connectivity index (χ0v) is 12.5. The maximum absolute atomic E-state index is 12.4. The van der Waals surface area contributed by atoms with Crippen LogP contribution < -0.4 is 5.32 Å². The normalized spacial score (nSPS) is 24.1. The number of β-amino-alcohol motifs (C(OH)–C–C–N with tert-alkyl or cyclic N) is 1. The van der Waals surface area contributed by atoms with Crippen LogP contribution in [0.3, 0.4) is 0 Å². The van der Waals surface area contributed by atoms with Crippen molar-refractivity contribution in [3.63, 3.8) is 0 Å². The van der Waals surface area contributed by atoms with Crippen LogP contribution in [-0.4, -0.2) is 50.1 Å². The van der Waals surface area contributed by atoms with Gasteiger partial charge in [-0.05, 0) is 18.2 Å². The van der Waals surface area contributed by atoms with E-state index in [9.17, 15) is 13.5 Å². The quantitative estimate of drug-likeness (QED) is 0.868. The van der Waals surface area contributed by atoms with Crippen LogP contribution >= 0.6 is 23.2 Å². The molecule has 0 spiro atoms. The number of aliphatic hydroxyl groups is 1. The highest BCUT2D eigenvalue weighted by molar-refractivity contribution is 7.89. The molecule has 8 heteroatoms. The van der Waals surface area contributed by atoms with Crippen LogP contribution in [0.5, 0.6) is 0 Å². The van der Waals surface area contributed by atoms with E-state index in [0.717, 1.165) is 4.31 Å². The number of sulfonamides is 1. The van der Waals surface area contributed by atoms with Crippen molar-refractivity contribution in [2.24, 2.45) is 0 Å². The number of aliphatic hydroxyl groups excluding tert-OH is 1. The van der Waals surface area contributed by atoms with Crippen molar-refractivity contribution >= 4 is 33.2 Å². The Bertz CT molecular complexity index is 579. The predicted octanol–water partition coefficient (Wildman–Crippen LogP) is 0.947. The summed E-state index contributed by atoms with van der Waals surface area (Å²) in [6.07, 6.45) is -0.720. The molecule has 1 saturated heterocycles. The third kappa shape index (κ3) is 2.89. The summed E-state index contributed by atoms with van der Waals surface area (Å²) in [5.41, 5.74) is 0. The van der Waals surface area contributed by atoms with E-state index in [4.69, 9.17) is 23.2 Å². The van der Waals surface area contributed by atoms with Crippen LogP contribution in [0.1, 0.15) is 0 Å². The number of benzene rings is 1. The Morgan fingerprint density at radius 3 is 2.53 bits per heavy atom. The van der Waals surface area contributed by atoms with E-state index in [-0.39, 0.29) is 9.92 Å². The monoisotopic (exact) mass is 324 g/mol. The van der Waals surface area contributed by atoms with Gasteiger partial charge in [-0.25, -0.2) is 8.42 Å². The molecule has 19 heavy (non-hydrogen) atoms. The second-order valence-corrected chi connectivity index (χ2v) is 7.20. The van der Waals surface area contributed by atoms with Gasteiger partial charge in [0.2, 0.25) is 10.0 Å². The molecular weight excluding hydrogens is 311 g/mol. The van der Waals surface area contributed by atoms with E-state index < -0.39 is 22.2 Å². The molecule has 0 unspecified atom stereocenters. The molecule has 0 aromatic heterocycles. The first-order valence-electron chi connectivity index (χ1n) is 5.66. The van der Waals surface area contributed by atoms with Crippen LogP contribution in [0, 0.1) is 0 Å². The summed E-state index contributed by atoms with van der Waals surface area (Å²) in [6.45, 7) is 0.796. The summed E-state index contributed by atoms with van der Waals surface area (Å²) < 4.78 is 26.0. The average molecular weight is 325 g/mol. The zero-order chi connectivity index (χ0) is 14.2.